The molecule has 3 aromatic rings. The number of nitrogens with zero attached hydrogens (tertiary/aromatic N) is 4. The van der Waals surface area contributed by atoms with Crippen molar-refractivity contribution in [2.45, 2.75) is 57.9 Å². The number of likely N-dealkylation sites (tertiary alicyclic amines) is 1. The second-order valence-electron chi connectivity index (χ2n) is 14.3. The van der Waals surface area contributed by atoms with Gasteiger partial charge in [-0.05, 0) is 81.9 Å². The number of amides is 4. The molecule has 1 aliphatic carbocycles. The molecule has 0 spiro atoms. The Labute approximate surface area is 308 Å². The van der Waals surface area contributed by atoms with Crippen molar-refractivity contribution in [1.29, 1.82) is 0 Å². The highest BCUT2D eigenvalue weighted by molar-refractivity contribution is 6.21. The summed E-state index contributed by atoms with van der Waals surface area (Å²) < 4.78 is 0. The molecular weight excluding hydrogens is 649 g/mol. The molecule has 2 aliphatic heterocycles. The van der Waals surface area contributed by atoms with Gasteiger partial charge >= 0.3 is 0 Å². The number of benzene rings is 3. The first kappa shape index (κ1) is 37.1. The molecule has 3 aromatic carbocycles. The molecule has 0 saturated carbocycles. The Morgan fingerprint density at radius 1 is 0.558 bits per heavy atom. The number of hydrogen-bond donors (Lipinski definition) is 0. The topological polar surface area (TPSA) is 81.2 Å². The van der Waals surface area contributed by atoms with E-state index in [0.29, 0.717) is 24.2 Å². The molecule has 3 unspecified atom stereocenters. The summed E-state index contributed by atoms with van der Waals surface area (Å²) in [5, 5.41) is 0. The second-order valence-corrected chi connectivity index (χ2v) is 14.3. The minimum absolute atomic E-state index is 0.0642. The Bertz CT molecular complexity index is 1670. The highest BCUT2D eigenvalue weighted by atomic mass is 16.2. The lowest BCUT2D eigenvalue weighted by Crippen LogP contribution is -2.35. The van der Waals surface area contributed by atoms with Gasteiger partial charge in [0.05, 0.1) is 23.0 Å². The summed E-state index contributed by atoms with van der Waals surface area (Å²) in [6, 6.07) is 28.4. The molecule has 8 nitrogen and oxygen atoms in total. The number of carbonyl (C=O) groups excluding carboxylic acids is 4. The smallest absolute Gasteiger partial charge is 0.261 e. The van der Waals surface area contributed by atoms with Crippen LogP contribution in [0.25, 0.3) is 0 Å². The van der Waals surface area contributed by atoms with Crippen molar-refractivity contribution in [2.75, 3.05) is 45.8 Å². The molecule has 3 atom stereocenters. The van der Waals surface area contributed by atoms with Crippen LogP contribution < -0.4 is 0 Å². The molecule has 272 valence electrons. The highest BCUT2D eigenvalue weighted by Crippen LogP contribution is 2.31. The summed E-state index contributed by atoms with van der Waals surface area (Å²) in [4.78, 5) is 59.6. The van der Waals surface area contributed by atoms with E-state index >= 15 is 0 Å². The molecule has 6 rings (SSSR count). The van der Waals surface area contributed by atoms with Crippen LogP contribution in [0.3, 0.4) is 0 Å². The first-order chi connectivity index (χ1) is 25.4. The maximum atomic E-state index is 12.9. The van der Waals surface area contributed by atoms with Crippen molar-refractivity contribution in [3.63, 3.8) is 0 Å². The van der Waals surface area contributed by atoms with Gasteiger partial charge in [0.1, 0.15) is 0 Å². The number of fused-ring (bicyclic) bond motifs is 2. The van der Waals surface area contributed by atoms with Crippen molar-refractivity contribution in [3.8, 4) is 0 Å². The third-order valence-electron chi connectivity index (χ3n) is 10.9. The number of rotatable bonds is 20. The van der Waals surface area contributed by atoms with E-state index < -0.39 is 0 Å². The lowest BCUT2D eigenvalue weighted by atomic mass is 9.91. The fourth-order valence-corrected chi connectivity index (χ4v) is 7.81. The molecule has 4 amide bonds. The van der Waals surface area contributed by atoms with Gasteiger partial charge in [-0.1, -0.05) is 110 Å². The molecule has 52 heavy (non-hydrogen) atoms. The maximum Gasteiger partial charge on any atom is 0.261 e. The molecular formula is C44H52N4O4. The normalized spacial score (nSPS) is 18.6. The Morgan fingerprint density at radius 2 is 1.06 bits per heavy atom. The van der Waals surface area contributed by atoms with E-state index in [9.17, 15) is 19.2 Å². The number of hydrogen-bond acceptors (Lipinski definition) is 6. The van der Waals surface area contributed by atoms with Gasteiger partial charge < -0.3 is 4.90 Å². The third-order valence-corrected chi connectivity index (χ3v) is 10.9. The summed E-state index contributed by atoms with van der Waals surface area (Å²) >= 11 is 0. The van der Waals surface area contributed by atoms with E-state index in [-0.39, 0.29) is 41.5 Å². The molecule has 1 saturated heterocycles. The zero-order valence-corrected chi connectivity index (χ0v) is 30.4. The van der Waals surface area contributed by atoms with Crippen LogP contribution in [-0.2, 0) is 16.0 Å². The zero-order valence-electron chi connectivity index (χ0n) is 30.4. The summed E-state index contributed by atoms with van der Waals surface area (Å²) in [5.74, 6) is -1.18. The average Bonchev–Trinajstić information content (AvgIpc) is 3.57. The standard InChI is InChI=1S/C44H52N4O4/c1-34(36-20-8-5-9-21-36)46(30-17-32-48-43(51)39-24-12-13-25-40(39)44(48)52)29-15-3-2-14-27-45(33-26-35-18-6-4-7-19-35)28-16-31-47-41(49)37-22-10-11-23-38(37)42(47)50/h4-13,18-25,34,37-38H,2-3,14-17,26-33H2,1H3. The predicted molar refractivity (Wildman–Crippen MR) is 205 cm³/mol. The van der Waals surface area contributed by atoms with Gasteiger partial charge in [-0.15, -0.1) is 0 Å². The Hall–Kier alpha value is -4.66. The van der Waals surface area contributed by atoms with Crippen LogP contribution in [0.1, 0.15) is 83.3 Å². The van der Waals surface area contributed by atoms with Crippen LogP contribution >= 0.6 is 0 Å². The average molecular weight is 701 g/mol. The van der Waals surface area contributed by atoms with Gasteiger partial charge in [-0.25, -0.2) is 0 Å². The Kier molecular flexibility index (Phi) is 13.0. The Morgan fingerprint density at radius 3 is 1.69 bits per heavy atom. The molecule has 8 heteroatoms. The molecule has 2 heterocycles. The lowest BCUT2D eigenvalue weighted by molar-refractivity contribution is -0.139. The van der Waals surface area contributed by atoms with E-state index in [4.69, 9.17) is 0 Å². The highest BCUT2D eigenvalue weighted by Gasteiger charge is 2.45. The largest absolute Gasteiger partial charge is 0.303 e. The number of imide groups is 2. The number of allylic oxidation sites excluding steroid dienone is 2. The summed E-state index contributed by atoms with van der Waals surface area (Å²) in [6.45, 7) is 7.64. The molecule has 0 N–H and O–H groups in total. The molecule has 0 aromatic heterocycles. The van der Waals surface area contributed by atoms with Crippen molar-refractivity contribution >= 4 is 23.6 Å². The first-order valence-electron chi connectivity index (χ1n) is 19.1. The van der Waals surface area contributed by atoms with Gasteiger partial charge in [0.15, 0.2) is 0 Å². The SMILES string of the molecule is CC(c1ccccc1)N(CCCCCCN(CCCN1C(=O)C2C=CC=CC2C1=O)CCc1ccccc1)CCCN1C(=O)c2ccccc2C1=O. The lowest BCUT2D eigenvalue weighted by Gasteiger charge is -2.30. The van der Waals surface area contributed by atoms with Crippen LogP contribution in [-0.4, -0.2) is 89.0 Å². The van der Waals surface area contributed by atoms with E-state index in [2.05, 4.69) is 65.3 Å². The quantitative estimate of drug-likeness (QED) is 0.0937. The Balaban J connectivity index is 0.970. The number of unbranched alkanes of at least 4 members (excludes halogenated alkanes) is 3. The monoisotopic (exact) mass is 700 g/mol. The van der Waals surface area contributed by atoms with E-state index in [0.717, 1.165) is 77.7 Å². The van der Waals surface area contributed by atoms with Crippen molar-refractivity contribution in [3.05, 3.63) is 131 Å². The van der Waals surface area contributed by atoms with E-state index in [1.165, 1.54) is 20.9 Å². The van der Waals surface area contributed by atoms with Crippen LogP contribution in [0, 0.1) is 11.8 Å². The van der Waals surface area contributed by atoms with Gasteiger partial charge in [0.25, 0.3) is 11.8 Å². The van der Waals surface area contributed by atoms with Gasteiger partial charge in [-0.2, -0.15) is 0 Å². The van der Waals surface area contributed by atoms with Gasteiger partial charge in [0.2, 0.25) is 11.8 Å². The van der Waals surface area contributed by atoms with Crippen molar-refractivity contribution in [1.82, 2.24) is 19.6 Å². The fraction of sp³-hybridized carbons (Fsp3) is 0.409. The molecule has 0 bridgehead atoms. The van der Waals surface area contributed by atoms with Crippen LogP contribution in [0.5, 0.6) is 0 Å². The van der Waals surface area contributed by atoms with Gasteiger partial charge in [-0.3, -0.25) is 33.9 Å². The van der Waals surface area contributed by atoms with Gasteiger partial charge in [0, 0.05) is 32.2 Å². The summed E-state index contributed by atoms with van der Waals surface area (Å²) in [6.07, 6.45) is 14.3. The molecule has 1 fully saturated rings. The van der Waals surface area contributed by atoms with Crippen LogP contribution in [0.15, 0.2) is 109 Å². The minimum Gasteiger partial charge on any atom is -0.303 e. The summed E-state index contributed by atoms with van der Waals surface area (Å²) in [5.41, 5.74) is 3.59. The third kappa shape index (κ3) is 9.03. The molecule has 0 radical (unpaired) electrons. The first-order valence-corrected chi connectivity index (χ1v) is 19.1. The zero-order chi connectivity index (χ0) is 36.3. The van der Waals surface area contributed by atoms with E-state index in [1.807, 2.05) is 48.6 Å². The fourth-order valence-electron chi connectivity index (χ4n) is 7.81. The minimum atomic E-state index is -0.338. The number of carbonyl (C=O) groups is 4. The maximum absolute atomic E-state index is 12.9. The van der Waals surface area contributed by atoms with Crippen LogP contribution in [0.4, 0.5) is 0 Å². The van der Waals surface area contributed by atoms with Crippen LogP contribution in [0.2, 0.25) is 0 Å². The van der Waals surface area contributed by atoms with E-state index in [1.54, 1.807) is 12.1 Å². The predicted octanol–water partition coefficient (Wildman–Crippen LogP) is 6.96. The molecule has 3 aliphatic rings. The second kappa shape index (κ2) is 18.2. The summed E-state index contributed by atoms with van der Waals surface area (Å²) in [7, 11) is 0. The van der Waals surface area contributed by atoms with Crippen molar-refractivity contribution in [2.24, 2.45) is 11.8 Å². The van der Waals surface area contributed by atoms with Crippen molar-refractivity contribution < 1.29 is 19.2 Å².